The van der Waals surface area contributed by atoms with Crippen LogP contribution in [0.4, 0.5) is 0 Å². The fraction of sp³-hybridized carbons (Fsp3) is 0.385. The van der Waals surface area contributed by atoms with Crippen LogP contribution >= 0.6 is 34.3 Å². The Bertz CT molecular complexity index is 1050. The second-order valence-corrected chi connectivity index (χ2v) is 10.6. The minimum atomic E-state index is -0.838. The highest BCUT2D eigenvalue weighted by molar-refractivity contribution is 7.14. The van der Waals surface area contributed by atoms with Crippen LogP contribution in [0.5, 0.6) is 0 Å². The third-order valence-electron chi connectivity index (χ3n) is 5.03. The molecule has 0 amide bonds. The molecule has 3 rings (SSSR count). The van der Waals surface area contributed by atoms with E-state index in [-0.39, 0.29) is 5.97 Å². The van der Waals surface area contributed by atoms with Gasteiger partial charge in [0.15, 0.2) is 0 Å². The van der Waals surface area contributed by atoms with Gasteiger partial charge in [-0.1, -0.05) is 23.7 Å². The number of hydrogen-bond acceptors (Lipinski definition) is 7. The molecule has 6 nitrogen and oxygen atoms in total. The van der Waals surface area contributed by atoms with Gasteiger partial charge in [0.2, 0.25) is 0 Å². The lowest BCUT2D eigenvalue weighted by atomic mass is 10.1. The molecule has 0 saturated carbocycles. The molecule has 1 aromatic carbocycles. The van der Waals surface area contributed by atoms with Crippen molar-refractivity contribution in [1.82, 2.24) is 5.32 Å². The van der Waals surface area contributed by atoms with E-state index in [4.69, 9.17) is 22.4 Å². The number of halogens is 1. The summed E-state index contributed by atoms with van der Waals surface area (Å²) in [7, 11) is 1.39. The lowest BCUT2D eigenvalue weighted by Crippen LogP contribution is -2.17. The number of esters is 1. The first-order valence-corrected chi connectivity index (χ1v) is 13.6. The van der Waals surface area contributed by atoms with E-state index in [1.165, 1.54) is 40.2 Å². The molecule has 0 aliphatic carbocycles. The molecule has 0 saturated heterocycles. The van der Waals surface area contributed by atoms with Crippen molar-refractivity contribution >= 4 is 46.2 Å². The van der Waals surface area contributed by atoms with Gasteiger partial charge in [0.05, 0.1) is 7.11 Å². The molecule has 190 valence electrons. The Hall–Kier alpha value is -2.23. The van der Waals surface area contributed by atoms with Gasteiger partial charge >= 0.3 is 11.9 Å². The topological polar surface area (TPSA) is 102 Å². The summed E-state index contributed by atoms with van der Waals surface area (Å²) in [6.07, 6.45) is 5.97. The van der Waals surface area contributed by atoms with E-state index in [0.717, 1.165) is 61.5 Å². The number of nitrogens with two attached hydrogens (primary N) is 1. The van der Waals surface area contributed by atoms with Crippen LogP contribution in [0, 0.1) is 0 Å². The number of nitrogens with one attached hydrogen (secondary N) is 1. The first-order chi connectivity index (χ1) is 16.9. The SMILES string of the molecule is COC(=O)c1ccc(CCCN)s1.O=C(O)c1ccc(CCCNCCCc2cccc(Cl)c2)s1. The third kappa shape index (κ3) is 11.4. The summed E-state index contributed by atoms with van der Waals surface area (Å²) in [6, 6.07) is 15.3. The van der Waals surface area contributed by atoms with Gasteiger partial charge in [-0.3, -0.25) is 0 Å². The van der Waals surface area contributed by atoms with Crippen LogP contribution < -0.4 is 11.1 Å². The number of aromatic carboxylic acids is 1. The Morgan fingerprint density at radius 2 is 1.57 bits per heavy atom. The van der Waals surface area contributed by atoms with Crippen LogP contribution in [0.25, 0.3) is 0 Å². The van der Waals surface area contributed by atoms with Crippen molar-refractivity contribution in [3.8, 4) is 0 Å². The van der Waals surface area contributed by atoms with Gasteiger partial charge in [0.1, 0.15) is 9.75 Å². The number of hydrogen-bond donors (Lipinski definition) is 3. The monoisotopic (exact) mass is 536 g/mol. The standard InChI is InChI=1S/C17H20ClNO2S.C9H13NO2S/c18-14-6-1-4-13(12-14)5-2-10-19-11-3-7-15-8-9-16(22-15)17(20)21;1-12-9(11)8-5-4-7(13-8)3-2-6-10/h1,4,6,8-9,12,19H,2-3,5,7,10-11H2,(H,20,21);4-5H,2-3,6,10H2,1H3. The normalized spacial score (nSPS) is 10.5. The van der Waals surface area contributed by atoms with Crippen LogP contribution in [0.15, 0.2) is 48.5 Å². The van der Waals surface area contributed by atoms with Crippen molar-refractivity contribution < 1.29 is 19.4 Å². The van der Waals surface area contributed by atoms with Gasteiger partial charge in [0.25, 0.3) is 0 Å². The van der Waals surface area contributed by atoms with Gasteiger partial charge in [-0.25, -0.2) is 9.59 Å². The lowest BCUT2D eigenvalue weighted by molar-refractivity contribution is 0.0605. The zero-order valence-electron chi connectivity index (χ0n) is 19.9. The number of carboxylic acids is 1. The zero-order valence-corrected chi connectivity index (χ0v) is 22.3. The molecule has 0 fully saturated rings. The van der Waals surface area contributed by atoms with Gasteiger partial charge in [-0.05, 0) is 100 Å². The van der Waals surface area contributed by atoms with Gasteiger partial charge in [-0.15, -0.1) is 22.7 Å². The second-order valence-electron chi connectivity index (χ2n) is 7.81. The Labute approximate surface area is 220 Å². The molecule has 9 heteroatoms. The van der Waals surface area contributed by atoms with Crippen LogP contribution in [-0.2, 0) is 24.0 Å². The maximum Gasteiger partial charge on any atom is 0.348 e. The van der Waals surface area contributed by atoms with E-state index in [2.05, 4.69) is 16.1 Å². The number of carbonyl (C=O) groups is 2. The molecule has 2 heterocycles. The fourth-order valence-electron chi connectivity index (χ4n) is 3.25. The molecule has 35 heavy (non-hydrogen) atoms. The zero-order chi connectivity index (χ0) is 25.5. The largest absolute Gasteiger partial charge is 0.477 e. The van der Waals surface area contributed by atoms with Crippen LogP contribution in [0.3, 0.4) is 0 Å². The second kappa shape index (κ2) is 16.4. The molecule has 0 aliphatic rings. The fourth-order valence-corrected chi connectivity index (χ4v) is 5.32. The summed E-state index contributed by atoms with van der Waals surface area (Å²) in [4.78, 5) is 25.3. The summed E-state index contributed by atoms with van der Waals surface area (Å²) in [5, 5.41) is 13.1. The number of carbonyl (C=O) groups excluding carboxylic acids is 1. The van der Waals surface area contributed by atoms with Crippen molar-refractivity contribution in [3.05, 3.63) is 78.6 Å². The van der Waals surface area contributed by atoms with Crippen LogP contribution in [0.2, 0.25) is 5.02 Å². The first kappa shape index (κ1) is 29.0. The Balaban J connectivity index is 0.000000283. The highest BCUT2D eigenvalue weighted by Crippen LogP contribution is 2.19. The molecular formula is C26H33ClN2O4S2. The average Bonchev–Trinajstić information content (AvgIpc) is 3.52. The van der Waals surface area contributed by atoms with Crippen LogP contribution in [0.1, 0.15) is 53.9 Å². The van der Waals surface area contributed by atoms with Crippen molar-refractivity contribution in [2.24, 2.45) is 5.73 Å². The summed E-state index contributed by atoms with van der Waals surface area (Å²) in [5.41, 5.74) is 6.65. The quantitative estimate of drug-likeness (QED) is 0.192. The molecule has 0 atom stereocenters. The van der Waals surface area contributed by atoms with E-state index in [0.29, 0.717) is 16.3 Å². The van der Waals surface area contributed by atoms with E-state index >= 15 is 0 Å². The van der Waals surface area contributed by atoms with Gasteiger partial charge < -0.3 is 20.9 Å². The van der Waals surface area contributed by atoms with Crippen molar-refractivity contribution in [2.45, 2.75) is 38.5 Å². The molecule has 4 N–H and O–H groups in total. The summed E-state index contributed by atoms with van der Waals surface area (Å²) >= 11 is 8.80. The van der Waals surface area contributed by atoms with Crippen molar-refractivity contribution in [2.75, 3.05) is 26.7 Å². The van der Waals surface area contributed by atoms with Crippen molar-refractivity contribution in [3.63, 3.8) is 0 Å². The molecule has 3 aromatic rings. The number of ether oxygens (including phenoxy) is 1. The maximum atomic E-state index is 11.1. The summed E-state index contributed by atoms with van der Waals surface area (Å²) in [5.74, 6) is -1.10. The lowest BCUT2D eigenvalue weighted by Gasteiger charge is -2.05. The van der Waals surface area contributed by atoms with Gasteiger partial charge in [-0.2, -0.15) is 0 Å². The first-order valence-electron chi connectivity index (χ1n) is 11.6. The summed E-state index contributed by atoms with van der Waals surface area (Å²) < 4.78 is 4.60. The highest BCUT2D eigenvalue weighted by Gasteiger charge is 2.08. The van der Waals surface area contributed by atoms with E-state index in [1.807, 2.05) is 30.3 Å². The number of thiophene rings is 2. The number of carboxylic acid groups (broad SMARTS) is 1. The predicted octanol–water partition coefficient (Wildman–Crippen LogP) is 5.68. The molecule has 0 bridgehead atoms. The number of aryl methyl sites for hydroxylation is 3. The Morgan fingerprint density at radius 1 is 0.943 bits per heavy atom. The smallest absolute Gasteiger partial charge is 0.348 e. The molecule has 0 radical (unpaired) electrons. The molecule has 2 aromatic heterocycles. The highest BCUT2D eigenvalue weighted by atomic mass is 35.5. The van der Waals surface area contributed by atoms with Crippen LogP contribution in [-0.4, -0.2) is 43.8 Å². The number of benzene rings is 1. The minimum Gasteiger partial charge on any atom is -0.477 e. The average molecular weight is 537 g/mol. The maximum absolute atomic E-state index is 11.1. The Kier molecular flexibility index (Phi) is 13.6. The predicted molar refractivity (Wildman–Crippen MR) is 145 cm³/mol. The summed E-state index contributed by atoms with van der Waals surface area (Å²) in [6.45, 7) is 2.62. The van der Waals surface area contributed by atoms with Gasteiger partial charge in [0, 0.05) is 14.8 Å². The molecule has 0 unspecified atom stereocenters. The minimum absolute atomic E-state index is 0.260. The van der Waals surface area contributed by atoms with E-state index in [9.17, 15) is 9.59 Å². The van der Waals surface area contributed by atoms with Crippen molar-refractivity contribution in [1.29, 1.82) is 0 Å². The third-order valence-corrected chi connectivity index (χ3v) is 7.53. The van der Waals surface area contributed by atoms with E-state index in [1.54, 1.807) is 12.1 Å². The Morgan fingerprint density at radius 3 is 2.17 bits per heavy atom. The number of rotatable bonds is 13. The molecule has 0 spiro atoms. The molecule has 0 aliphatic heterocycles. The van der Waals surface area contributed by atoms with E-state index < -0.39 is 5.97 Å². The number of methoxy groups -OCH3 is 1. The molecular weight excluding hydrogens is 504 g/mol.